The number of carbonyl (C=O) groups is 1. The Morgan fingerprint density at radius 1 is 1.28 bits per heavy atom. The fraction of sp³-hybridized carbons (Fsp3) is 0.208. The number of carboxylic acids is 1. The molecule has 1 fully saturated rings. The van der Waals surface area contributed by atoms with E-state index in [1.165, 1.54) is 25.3 Å². The number of halogens is 3. The van der Waals surface area contributed by atoms with Crippen molar-refractivity contribution in [1.82, 2.24) is 15.2 Å². The lowest BCUT2D eigenvalue weighted by Gasteiger charge is -2.37. The fourth-order valence-electron chi connectivity index (χ4n) is 4.05. The molecule has 8 nitrogen and oxygen atoms in total. The van der Waals surface area contributed by atoms with Crippen molar-refractivity contribution >= 4 is 45.0 Å². The Labute approximate surface area is 206 Å². The van der Waals surface area contributed by atoms with Crippen LogP contribution >= 0.6 is 11.3 Å². The number of carboxylic acid groups (broad SMARTS) is 1. The van der Waals surface area contributed by atoms with Crippen LogP contribution in [0.4, 0.5) is 18.3 Å². The van der Waals surface area contributed by atoms with E-state index in [-0.39, 0.29) is 21.3 Å². The van der Waals surface area contributed by atoms with Crippen LogP contribution in [0.25, 0.3) is 22.6 Å². The summed E-state index contributed by atoms with van der Waals surface area (Å²) < 4.78 is 46.8. The van der Waals surface area contributed by atoms with E-state index in [1.54, 1.807) is 29.3 Å². The van der Waals surface area contributed by atoms with Gasteiger partial charge in [0.2, 0.25) is 5.88 Å². The van der Waals surface area contributed by atoms with Crippen LogP contribution in [0, 0.1) is 0 Å². The fourth-order valence-corrected chi connectivity index (χ4v) is 5.13. The molecular weight excluding hydrogens is 497 g/mol. The van der Waals surface area contributed by atoms with Crippen LogP contribution in [0.5, 0.6) is 11.6 Å². The number of hydrogen-bond acceptors (Lipinski definition) is 7. The van der Waals surface area contributed by atoms with Gasteiger partial charge >= 0.3 is 12.1 Å². The topological polar surface area (TPSA) is 112 Å². The minimum atomic E-state index is -4.66. The average Bonchev–Trinajstić information content (AvgIpc) is 3.41. The second-order valence-electron chi connectivity index (χ2n) is 8.17. The van der Waals surface area contributed by atoms with E-state index in [2.05, 4.69) is 15.2 Å². The molecule has 12 heteroatoms. The summed E-state index contributed by atoms with van der Waals surface area (Å²) in [5.74, 6) is -1.35. The number of H-pyrrole nitrogens is 1. The van der Waals surface area contributed by atoms with Crippen LogP contribution in [0.1, 0.15) is 28.0 Å². The third kappa shape index (κ3) is 4.24. The Kier molecular flexibility index (Phi) is 5.83. The van der Waals surface area contributed by atoms with Crippen molar-refractivity contribution in [2.24, 2.45) is 0 Å². The van der Waals surface area contributed by atoms with Gasteiger partial charge < -0.3 is 19.8 Å². The maximum atomic E-state index is 13.9. The Morgan fingerprint density at radius 2 is 2.08 bits per heavy atom. The second-order valence-corrected chi connectivity index (χ2v) is 9.14. The number of hydrogen-bond donors (Lipinski definition) is 3. The highest BCUT2D eigenvalue weighted by atomic mass is 32.1. The van der Waals surface area contributed by atoms with Gasteiger partial charge in [-0.15, -0.1) is 0 Å². The molecule has 2 aromatic carbocycles. The largest absolute Gasteiger partial charge is 0.497 e. The van der Waals surface area contributed by atoms with Crippen molar-refractivity contribution in [2.45, 2.75) is 18.6 Å². The van der Waals surface area contributed by atoms with Gasteiger partial charge in [-0.2, -0.15) is 23.3 Å². The summed E-state index contributed by atoms with van der Waals surface area (Å²) in [5, 5.41) is 27.9. The first-order valence-electron chi connectivity index (χ1n) is 10.8. The number of aliphatic carboxylic acids is 1. The van der Waals surface area contributed by atoms with Gasteiger partial charge in [0.05, 0.1) is 24.4 Å². The van der Waals surface area contributed by atoms with Crippen molar-refractivity contribution in [1.29, 1.82) is 0 Å². The summed E-state index contributed by atoms with van der Waals surface area (Å²) in [5.41, 5.74) is 0.519. The molecule has 1 saturated heterocycles. The van der Waals surface area contributed by atoms with E-state index in [9.17, 15) is 28.2 Å². The van der Waals surface area contributed by atoms with Crippen LogP contribution in [0.15, 0.2) is 42.6 Å². The van der Waals surface area contributed by atoms with Gasteiger partial charge in [-0.1, -0.05) is 23.5 Å². The zero-order valence-electron chi connectivity index (χ0n) is 18.7. The number of nitrogens with one attached hydrogen (secondary N) is 1. The zero-order valence-corrected chi connectivity index (χ0v) is 19.5. The number of aromatic hydroxyl groups is 1. The highest BCUT2D eigenvalue weighted by Crippen LogP contribution is 2.44. The molecule has 0 unspecified atom stereocenters. The first kappa shape index (κ1) is 23.7. The van der Waals surface area contributed by atoms with E-state index >= 15 is 0 Å². The zero-order chi connectivity index (χ0) is 25.6. The van der Waals surface area contributed by atoms with Crippen LogP contribution < -0.4 is 9.64 Å². The van der Waals surface area contributed by atoms with Gasteiger partial charge in [0.15, 0.2) is 5.13 Å². The quantitative estimate of drug-likeness (QED) is 0.309. The van der Waals surface area contributed by atoms with Crippen molar-refractivity contribution in [3.63, 3.8) is 0 Å². The minimum absolute atomic E-state index is 0.0567. The Bertz CT molecular complexity index is 1490. The summed E-state index contributed by atoms with van der Waals surface area (Å²) in [6.07, 6.45) is -1.30. The number of methoxy groups -OCH3 is 1. The first-order valence-corrected chi connectivity index (χ1v) is 11.6. The summed E-state index contributed by atoms with van der Waals surface area (Å²) in [7, 11) is 1.29. The second kappa shape index (κ2) is 8.86. The molecule has 3 heterocycles. The number of alkyl halides is 3. The van der Waals surface area contributed by atoms with Gasteiger partial charge in [-0.25, -0.2) is 4.79 Å². The number of aromatic nitrogens is 3. The predicted octanol–water partition coefficient (Wildman–Crippen LogP) is 5.00. The molecular formula is C24H19F3N4O4S. The van der Waals surface area contributed by atoms with E-state index in [0.717, 1.165) is 28.3 Å². The molecule has 4 aromatic rings. The summed E-state index contributed by atoms with van der Waals surface area (Å²) >= 11 is 1.02. The smallest absolute Gasteiger partial charge is 0.417 e. The molecule has 3 N–H and O–H groups in total. The summed E-state index contributed by atoms with van der Waals surface area (Å²) in [4.78, 5) is 17.4. The van der Waals surface area contributed by atoms with Crippen molar-refractivity contribution < 1.29 is 32.9 Å². The van der Waals surface area contributed by atoms with E-state index in [0.29, 0.717) is 24.1 Å². The molecule has 0 radical (unpaired) electrons. The molecule has 2 aromatic heterocycles. The summed E-state index contributed by atoms with van der Waals surface area (Å²) in [6, 6.07) is 8.05. The van der Waals surface area contributed by atoms with E-state index in [4.69, 9.17) is 4.74 Å². The van der Waals surface area contributed by atoms with Crippen molar-refractivity contribution in [2.75, 3.05) is 18.6 Å². The number of ether oxygens (including phenoxy) is 1. The molecule has 186 valence electrons. The normalized spacial score (nSPS) is 16.3. The van der Waals surface area contributed by atoms with Crippen LogP contribution in [0.3, 0.4) is 0 Å². The van der Waals surface area contributed by atoms with Gasteiger partial charge in [0.1, 0.15) is 16.7 Å². The predicted molar refractivity (Wildman–Crippen MR) is 128 cm³/mol. The monoisotopic (exact) mass is 516 g/mol. The lowest BCUT2D eigenvalue weighted by molar-refractivity contribution is -0.140. The van der Waals surface area contributed by atoms with Crippen molar-refractivity contribution in [3.05, 3.63) is 64.2 Å². The van der Waals surface area contributed by atoms with Gasteiger partial charge in [0, 0.05) is 17.5 Å². The van der Waals surface area contributed by atoms with Gasteiger partial charge in [0.25, 0.3) is 0 Å². The maximum Gasteiger partial charge on any atom is 0.417 e. The molecule has 5 rings (SSSR count). The molecule has 0 amide bonds. The lowest BCUT2D eigenvalue weighted by Crippen LogP contribution is -2.52. The minimum Gasteiger partial charge on any atom is -0.497 e. The third-order valence-corrected chi connectivity index (χ3v) is 7.12. The SMILES string of the molecule is COc1ccc(C=C(c2ccc3[nH]ncc3c2)c2sc(N3CC[C@H]3C(=O)O)nc2O)c(C(F)(F)F)c1. The van der Waals surface area contributed by atoms with Crippen LogP contribution in [0.2, 0.25) is 0 Å². The Morgan fingerprint density at radius 3 is 2.75 bits per heavy atom. The molecule has 0 spiro atoms. The van der Waals surface area contributed by atoms with E-state index < -0.39 is 29.6 Å². The van der Waals surface area contributed by atoms with Gasteiger partial charge in [-0.05, 0) is 47.9 Å². The number of thiazole rings is 1. The van der Waals surface area contributed by atoms with Gasteiger partial charge in [-0.3, -0.25) is 5.10 Å². The molecule has 0 saturated carbocycles. The highest BCUT2D eigenvalue weighted by Gasteiger charge is 2.37. The lowest BCUT2D eigenvalue weighted by atomic mass is 9.97. The Balaban J connectivity index is 1.69. The number of nitrogens with zero attached hydrogens (tertiary/aromatic N) is 3. The number of fused-ring (bicyclic) bond motifs is 1. The molecule has 36 heavy (non-hydrogen) atoms. The number of aromatic amines is 1. The number of benzene rings is 2. The first-order chi connectivity index (χ1) is 17.2. The molecule has 0 aliphatic carbocycles. The molecule has 0 bridgehead atoms. The van der Waals surface area contributed by atoms with E-state index in [1.807, 2.05) is 0 Å². The maximum absolute atomic E-state index is 13.9. The van der Waals surface area contributed by atoms with Crippen LogP contribution in [-0.2, 0) is 11.0 Å². The highest BCUT2D eigenvalue weighted by molar-refractivity contribution is 7.17. The number of anilines is 1. The average molecular weight is 517 g/mol. The standard InChI is InChI=1S/C24H19F3N4O4S/c1-35-15-4-2-13(17(10-15)24(25,26)27)9-16(12-3-5-18-14(8-12)11-28-30-18)20-21(32)29-23(36-20)31-7-6-19(31)22(33)34/h2-5,8-11,19,32H,6-7H2,1H3,(H,28,30)(H,33,34)/t19-/m0/s1. The summed E-state index contributed by atoms with van der Waals surface area (Å²) in [6.45, 7) is 0.445. The Hall–Kier alpha value is -4.06. The van der Waals surface area contributed by atoms with Crippen LogP contribution in [-0.4, -0.2) is 51.1 Å². The van der Waals surface area contributed by atoms with Crippen molar-refractivity contribution in [3.8, 4) is 11.6 Å². The molecule has 1 atom stereocenters. The third-order valence-electron chi connectivity index (χ3n) is 6.01. The number of rotatable bonds is 6. The molecule has 1 aliphatic rings. The molecule has 1 aliphatic heterocycles.